The number of sulfonamides is 1. The fourth-order valence-electron chi connectivity index (χ4n) is 2.63. The smallest absolute Gasteiger partial charge is 0.213 e. The van der Waals surface area contributed by atoms with Crippen molar-refractivity contribution in [3.05, 3.63) is 35.1 Å². The van der Waals surface area contributed by atoms with Gasteiger partial charge in [-0.1, -0.05) is 6.07 Å². The molecule has 1 N–H and O–H groups in total. The van der Waals surface area contributed by atoms with Crippen LogP contribution >= 0.6 is 0 Å². The average Bonchev–Trinajstić information content (AvgIpc) is 2.47. The summed E-state index contributed by atoms with van der Waals surface area (Å²) in [5.41, 5.74) is 2.02. The van der Waals surface area contributed by atoms with Gasteiger partial charge in [-0.15, -0.1) is 0 Å². The molecule has 0 bridgehead atoms. The molecule has 1 aromatic rings. The van der Waals surface area contributed by atoms with Crippen molar-refractivity contribution in [1.29, 1.82) is 0 Å². The number of hydrogen-bond donors (Lipinski definition) is 1. The van der Waals surface area contributed by atoms with Gasteiger partial charge in [0.2, 0.25) is 10.0 Å². The van der Waals surface area contributed by atoms with Gasteiger partial charge in [0.25, 0.3) is 0 Å². The van der Waals surface area contributed by atoms with E-state index in [1.165, 1.54) is 12.1 Å². The summed E-state index contributed by atoms with van der Waals surface area (Å²) in [5, 5.41) is 3.44. The third-order valence-corrected chi connectivity index (χ3v) is 5.98. The number of benzene rings is 1. The van der Waals surface area contributed by atoms with Gasteiger partial charge in [-0.25, -0.2) is 17.1 Å². The zero-order valence-corrected chi connectivity index (χ0v) is 13.4. The number of aryl methyl sites for hydroxylation is 1. The summed E-state index contributed by atoms with van der Waals surface area (Å²) in [6, 6.07) is 5.13. The molecule has 1 saturated heterocycles. The second-order valence-corrected chi connectivity index (χ2v) is 7.78. The van der Waals surface area contributed by atoms with Crippen LogP contribution in [0.1, 0.15) is 30.9 Å². The second kappa shape index (κ2) is 6.85. The summed E-state index contributed by atoms with van der Waals surface area (Å²) in [5.74, 6) is -0.0470. The highest BCUT2D eigenvalue weighted by Gasteiger charge is 2.26. The zero-order chi connectivity index (χ0) is 15.5. The van der Waals surface area contributed by atoms with E-state index in [1.54, 1.807) is 17.3 Å². The minimum Gasteiger partial charge on any atom is -0.310 e. The molecule has 6 heteroatoms. The van der Waals surface area contributed by atoms with E-state index in [9.17, 15) is 12.8 Å². The Hall–Kier alpha value is -0.980. The van der Waals surface area contributed by atoms with Crippen LogP contribution in [0.15, 0.2) is 18.2 Å². The number of hydrogen-bond acceptors (Lipinski definition) is 3. The maximum absolute atomic E-state index is 13.0. The van der Waals surface area contributed by atoms with Crippen molar-refractivity contribution in [2.75, 3.05) is 18.8 Å². The SMILES string of the molecule is CCS(=O)(=O)N1CCC(NCc2ccc(F)cc2C)CC1. The first-order valence-electron chi connectivity index (χ1n) is 7.38. The van der Waals surface area contributed by atoms with Crippen molar-refractivity contribution < 1.29 is 12.8 Å². The molecule has 0 radical (unpaired) electrons. The topological polar surface area (TPSA) is 49.4 Å². The number of piperidine rings is 1. The fraction of sp³-hybridized carbons (Fsp3) is 0.600. The molecule has 1 aromatic carbocycles. The van der Waals surface area contributed by atoms with E-state index in [0.29, 0.717) is 25.7 Å². The van der Waals surface area contributed by atoms with Gasteiger partial charge >= 0.3 is 0 Å². The molecule has 0 unspecified atom stereocenters. The van der Waals surface area contributed by atoms with Crippen LogP contribution in [0.2, 0.25) is 0 Å². The summed E-state index contributed by atoms with van der Waals surface area (Å²) < 4.78 is 38.2. The van der Waals surface area contributed by atoms with E-state index in [0.717, 1.165) is 24.0 Å². The van der Waals surface area contributed by atoms with E-state index in [-0.39, 0.29) is 11.6 Å². The minimum atomic E-state index is -3.06. The first kappa shape index (κ1) is 16.4. The van der Waals surface area contributed by atoms with Gasteiger partial charge in [-0.3, -0.25) is 0 Å². The van der Waals surface area contributed by atoms with Gasteiger partial charge in [0.05, 0.1) is 5.75 Å². The fourth-order valence-corrected chi connectivity index (χ4v) is 3.76. The highest BCUT2D eigenvalue weighted by atomic mass is 32.2. The first-order valence-corrected chi connectivity index (χ1v) is 8.99. The maximum Gasteiger partial charge on any atom is 0.213 e. The molecule has 0 spiro atoms. The molecule has 21 heavy (non-hydrogen) atoms. The Balaban J connectivity index is 1.84. The van der Waals surface area contributed by atoms with Crippen LogP contribution in [0.4, 0.5) is 4.39 Å². The van der Waals surface area contributed by atoms with Crippen LogP contribution in [0.25, 0.3) is 0 Å². The number of nitrogens with one attached hydrogen (secondary N) is 1. The van der Waals surface area contributed by atoms with Crippen molar-refractivity contribution in [2.45, 2.75) is 39.3 Å². The minimum absolute atomic E-state index is 0.167. The Morgan fingerprint density at radius 1 is 1.33 bits per heavy atom. The molecule has 1 fully saturated rings. The summed E-state index contributed by atoms with van der Waals surface area (Å²) >= 11 is 0. The molecule has 0 amide bonds. The monoisotopic (exact) mass is 314 g/mol. The molecule has 0 aromatic heterocycles. The molecule has 4 nitrogen and oxygen atoms in total. The van der Waals surface area contributed by atoms with Gasteiger partial charge in [-0.2, -0.15) is 0 Å². The van der Waals surface area contributed by atoms with Crippen molar-refractivity contribution in [3.8, 4) is 0 Å². The van der Waals surface area contributed by atoms with Gasteiger partial charge in [-0.05, 0) is 49.9 Å². The number of halogens is 1. The Morgan fingerprint density at radius 2 is 2.00 bits per heavy atom. The molecule has 2 rings (SSSR count). The molecule has 0 saturated carbocycles. The van der Waals surface area contributed by atoms with E-state index in [1.807, 2.05) is 6.92 Å². The first-order chi connectivity index (χ1) is 9.92. The molecule has 0 atom stereocenters. The van der Waals surface area contributed by atoms with Crippen LogP contribution < -0.4 is 5.32 Å². The molecular weight excluding hydrogens is 291 g/mol. The van der Waals surface area contributed by atoms with E-state index in [4.69, 9.17) is 0 Å². The summed E-state index contributed by atoms with van der Waals surface area (Å²) in [7, 11) is -3.06. The van der Waals surface area contributed by atoms with E-state index < -0.39 is 10.0 Å². The number of rotatable bonds is 5. The highest BCUT2D eigenvalue weighted by molar-refractivity contribution is 7.89. The van der Waals surface area contributed by atoms with Gasteiger partial charge < -0.3 is 5.32 Å². The van der Waals surface area contributed by atoms with Gasteiger partial charge in [0.15, 0.2) is 0 Å². The van der Waals surface area contributed by atoms with Crippen molar-refractivity contribution >= 4 is 10.0 Å². The van der Waals surface area contributed by atoms with E-state index >= 15 is 0 Å². The van der Waals surface area contributed by atoms with Crippen molar-refractivity contribution in [2.24, 2.45) is 0 Å². The van der Waals surface area contributed by atoms with Crippen LogP contribution in [-0.2, 0) is 16.6 Å². The molecular formula is C15H23FN2O2S. The normalized spacial score (nSPS) is 18.0. The van der Waals surface area contributed by atoms with Gasteiger partial charge in [0, 0.05) is 25.7 Å². The van der Waals surface area contributed by atoms with Gasteiger partial charge in [0.1, 0.15) is 5.82 Å². The molecule has 1 aliphatic rings. The van der Waals surface area contributed by atoms with Crippen LogP contribution in [0.3, 0.4) is 0 Å². The Bertz CT molecular complexity index is 581. The predicted octanol–water partition coefficient (Wildman–Crippen LogP) is 2.04. The Morgan fingerprint density at radius 3 is 2.57 bits per heavy atom. The quantitative estimate of drug-likeness (QED) is 0.905. The third-order valence-electron chi connectivity index (χ3n) is 4.10. The Labute approximate surface area is 126 Å². The lowest BCUT2D eigenvalue weighted by Gasteiger charge is -2.31. The summed E-state index contributed by atoms with van der Waals surface area (Å²) in [6.45, 7) is 5.43. The Kier molecular flexibility index (Phi) is 5.35. The zero-order valence-electron chi connectivity index (χ0n) is 12.6. The van der Waals surface area contributed by atoms with Crippen LogP contribution in [-0.4, -0.2) is 37.6 Å². The predicted molar refractivity (Wildman–Crippen MR) is 82.0 cm³/mol. The number of nitrogens with zero attached hydrogens (tertiary/aromatic N) is 1. The molecule has 1 heterocycles. The highest BCUT2D eigenvalue weighted by Crippen LogP contribution is 2.16. The lowest BCUT2D eigenvalue weighted by Crippen LogP contribution is -2.45. The lowest BCUT2D eigenvalue weighted by molar-refractivity contribution is 0.289. The molecule has 0 aliphatic carbocycles. The second-order valence-electron chi connectivity index (χ2n) is 5.53. The summed E-state index contributed by atoms with van der Waals surface area (Å²) in [4.78, 5) is 0. The third kappa shape index (κ3) is 4.25. The largest absolute Gasteiger partial charge is 0.310 e. The maximum atomic E-state index is 13.0. The van der Waals surface area contributed by atoms with Crippen LogP contribution in [0.5, 0.6) is 0 Å². The standard InChI is InChI=1S/C15H23FN2O2S/c1-3-21(19,20)18-8-6-15(7-9-18)17-11-13-4-5-14(16)10-12(13)2/h4-5,10,15,17H,3,6-9,11H2,1-2H3. The lowest BCUT2D eigenvalue weighted by atomic mass is 10.0. The summed E-state index contributed by atoms with van der Waals surface area (Å²) in [6.07, 6.45) is 1.64. The molecule has 118 valence electrons. The van der Waals surface area contributed by atoms with E-state index in [2.05, 4.69) is 5.32 Å². The molecule has 1 aliphatic heterocycles. The average molecular weight is 314 g/mol. The van der Waals surface area contributed by atoms with Crippen molar-refractivity contribution in [1.82, 2.24) is 9.62 Å². The van der Waals surface area contributed by atoms with Crippen LogP contribution in [0, 0.1) is 12.7 Å². The van der Waals surface area contributed by atoms with Crippen molar-refractivity contribution in [3.63, 3.8) is 0 Å².